The van der Waals surface area contributed by atoms with Crippen LogP contribution in [0.4, 0.5) is 14.5 Å². The van der Waals surface area contributed by atoms with Crippen LogP contribution in [-0.2, 0) is 4.74 Å². The molecule has 18 heavy (non-hydrogen) atoms. The van der Waals surface area contributed by atoms with Gasteiger partial charge in [0.25, 0.3) is 5.91 Å². The van der Waals surface area contributed by atoms with Crippen molar-refractivity contribution in [2.45, 2.75) is 0 Å². The Kier molecular flexibility index (Phi) is 3.73. The lowest BCUT2D eigenvalue weighted by molar-refractivity contribution is 0.0125. The highest BCUT2D eigenvalue weighted by atomic mass is 19.1. The van der Waals surface area contributed by atoms with Crippen molar-refractivity contribution >= 4 is 11.6 Å². The number of carbonyl (C=O) groups is 1. The molecule has 0 atom stereocenters. The van der Waals surface area contributed by atoms with Gasteiger partial charge in [-0.3, -0.25) is 10.2 Å². The minimum Gasteiger partial charge on any atom is -0.396 e. The van der Waals surface area contributed by atoms with E-state index >= 15 is 0 Å². The number of nitrogen functional groups attached to an aromatic ring is 1. The molecule has 1 aliphatic rings. The molecule has 0 aliphatic carbocycles. The smallest absolute Gasteiger partial charge is 0.268 e. The molecule has 0 radical (unpaired) electrons. The van der Waals surface area contributed by atoms with Crippen LogP contribution in [0.2, 0.25) is 0 Å². The van der Waals surface area contributed by atoms with Crippen molar-refractivity contribution in [3.8, 4) is 0 Å². The van der Waals surface area contributed by atoms with Crippen molar-refractivity contribution in [3.05, 3.63) is 29.3 Å². The highest BCUT2D eigenvalue weighted by molar-refractivity contribution is 5.95. The molecule has 0 unspecified atom stereocenters. The minimum atomic E-state index is -0.915. The van der Waals surface area contributed by atoms with E-state index in [1.165, 1.54) is 0 Å². The van der Waals surface area contributed by atoms with Crippen LogP contribution in [0.3, 0.4) is 0 Å². The van der Waals surface area contributed by atoms with Crippen LogP contribution in [-0.4, -0.2) is 37.2 Å². The molecule has 7 heteroatoms. The van der Waals surface area contributed by atoms with E-state index in [4.69, 9.17) is 10.5 Å². The number of nitrogens with one attached hydrogen (secondary N) is 1. The Labute approximate surface area is 102 Å². The van der Waals surface area contributed by atoms with Crippen LogP contribution in [0.1, 0.15) is 10.4 Å². The van der Waals surface area contributed by atoms with Crippen LogP contribution in [0.15, 0.2) is 12.1 Å². The molecule has 1 saturated heterocycles. The van der Waals surface area contributed by atoms with E-state index in [-0.39, 0.29) is 5.69 Å². The fourth-order valence-corrected chi connectivity index (χ4v) is 1.65. The Bertz CT molecular complexity index is 462. The molecule has 98 valence electrons. The average molecular weight is 257 g/mol. The molecular formula is C11H13F2N3O2. The van der Waals surface area contributed by atoms with Gasteiger partial charge in [-0.2, -0.15) is 0 Å². The van der Waals surface area contributed by atoms with Crippen LogP contribution >= 0.6 is 0 Å². The monoisotopic (exact) mass is 257 g/mol. The first-order valence-electron chi connectivity index (χ1n) is 5.46. The third-order valence-electron chi connectivity index (χ3n) is 2.58. The Balaban J connectivity index is 2.13. The van der Waals surface area contributed by atoms with Crippen molar-refractivity contribution in [1.82, 2.24) is 10.4 Å². The lowest BCUT2D eigenvalue weighted by atomic mass is 10.1. The molecule has 0 aromatic heterocycles. The molecule has 5 nitrogen and oxygen atoms in total. The summed E-state index contributed by atoms with van der Waals surface area (Å²) in [5, 5.41) is 1.59. The summed E-state index contributed by atoms with van der Waals surface area (Å²) in [6, 6.07) is 1.66. The number of carbonyl (C=O) groups excluding carboxylic acids is 1. The van der Waals surface area contributed by atoms with Crippen molar-refractivity contribution in [3.63, 3.8) is 0 Å². The van der Waals surface area contributed by atoms with Crippen LogP contribution in [0.5, 0.6) is 0 Å². The Morgan fingerprint density at radius 2 is 2.00 bits per heavy atom. The van der Waals surface area contributed by atoms with E-state index in [9.17, 15) is 13.6 Å². The summed E-state index contributed by atoms with van der Waals surface area (Å²) in [5.41, 5.74) is 6.96. The van der Waals surface area contributed by atoms with E-state index in [2.05, 4.69) is 5.43 Å². The molecule has 0 saturated carbocycles. The number of nitrogens with zero attached hydrogens (tertiary/aromatic N) is 1. The number of benzene rings is 1. The largest absolute Gasteiger partial charge is 0.396 e. The molecule has 2 rings (SSSR count). The van der Waals surface area contributed by atoms with Crippen LogP contribution in [0, 0.1) is 11.6 Å². The molecular weight excluding hydrogens is 244 g/mol. The van der Waals surface area contributed by atoms with Crippen molar-refractivity contribution in [2.24, 2.45) is 0 Å². The Morgan fingerprint density at radius 3 is 2.67 bits per heavy atom. The summed E-state index contributed by atoms with van der Waals surface area (Å²) < 4.78 is 31.8. The van der Waals surface area contributed by atoms with Gasteiger partial charge in [0.2, 0.25) is 0 Å². The van der Waals surface area contributed by atoms with Gasteiger partial charge < -0.3 is 10.5 Å². The van der Waals surface area contributed by atoms with Gasteiger partial charge in [-0.25, -0.2) is 13.8 Å². The standard InChI is InChI=1S/C11H13F2N3O2/c12-7-5-8(10(13)9(14)6-7)11(17)15-16-1-3-18-4-2-16/h5-6H,1-4,14H2,(H,15,17). The number of hydrogen-bond acceptors (Lipinski definition) is 4. The van der Waals surface area contributed by atoms with Crippen LogP contribution < -0.4 is 11.2 Å². The second kappa shape index (κ2) is 5.28. The number of hydrazine groups is 1. The third-order valence-corrected chi connectivity index (χ3v) is 2.58. The molecule has 3 N–H and O–H groups in total. The predicted molar refractivity (Wildman–Crippen MR) is 60.6 cm³/mol. The quantitative estimate of drug-likeness (QED) is 0.758. The molecule has 1 aliphatic heterocycles. The van der Waals surface area contributed by atoms with Crippen molar-refractivity contribution in [1.29, 1.82) is 0 Å². The second-order valence-electron chi connectivity index (χ2n) is 3.90. The zero-order valence-corrected chi connectivity index (χ0v) is 9.58. The number of halogens is 2. The topological polar surface area (TPSA) is 67.6 Å². The molecule has 0 spiro atoms. The first kappa shape index (κ1) is 12.7. The summed E-state index contributed by atoms with van der Waals surface area (Å²) in [7, 11) is 0. The number of nitrogens with two attached hydrogens (primary N) is 1. The highest BCUT2D eigenvalue weighted by Crippen LogP contribution is 2.17. The van der Waals surface area contributed by atoms with Gasteiger partial charge >= 0.3 is 0 Å². The normalized spacial score (nSPS) is 16.6. The third kappa shape index (κ3) is 2.74. The van der Waals surface area contributed by atoms with E-state index in [0.717, 1.165) is 12.1 Å². The van der Waals surface area contributed by atoms with Gasteiger partial charge in [0, 0.05) is 13.1 Å². The van der Waals surface area contributed by atoms with Crippen molar-refractivity contribution < 1.29 is 18.3 Å². The maximum Gasteiger partial charge on any atom is 0.268 e. The SMILES string of the molecule is Nc1cc(F)cc(C(=O)NN2CCOCC2)c1F. The number of anilines is 1. The van der Waals surface area contributed by atoms with Crippen LogP contribution in [0.25, 0.3) is 0 Å². The fourth-order valence-electron chi connectivity index (χ4n) is 1.65. The number of hydrogen-bond donors (Lipinski definition) is 2. The van der Waals surface area contributed by atoms with Gasteiger partial charge in [-0.1, -0.05) is 0 Å². The zero-order chi connectivity index (χ0) is 13.1. The first-order valence-corrected chi connectivity index (χ1v) is 5.46. The van der Waals surface area contributed by atoms with Gasteiger partial charge in [0.15, 0.2) is 5.82 Å². The maximum absolute atomic E-state index is 13.6. The van der Waals surface area contributed by atoms with E-state index in [1.807, 2.05) is 0 Å². The summed E-state index contributed by atoms with van der Waals surface area (Å²) >= 11 is 0. The molecule has 1 aromatic carbocycles. The van der Waals surface area contributed by atoms with Crippen molar-refractivity contribution in [2.75, 3.05) is 32.0 Å². The lowest BCUT2D eigenvalue weighted by Gasteiger charge is -2.27. The number of rotatable bonds is 2. The zero-order valence-electron chi connectivity index (χ0n) is 9.58. The van der Waals surface area contributed by atoms with Gasteiger partial charge in [0.05, 0.1) is 24.5 Å². The summed E-state index contributed by atoms with van der Waals surface area (Å²) in [6.45, 7) is 1.96. The average Bonchev–Trinajstić information content (AvgIpc) is 2.35. The summed E-state index contributed by atoms with van der Waals surface area (Å²) in [6.07, 6.45) is 0. The van der Waals surface area contributed by atoms with Gasteiger partial charge in [-0.05, 0) is 12.1 Å². The van der Waals surface area contributed by atoms with Gasteiger partial charge in [-0.15, -0.1) is 0 Å². The van der Waals surface area contributed by atoms with E-state index in [0.29, 0.717) is 26.3 Å². The van der Waals surface area contributed by atoms with E-state index < -0.39 is 23.1 Å². The second-order valence-corrected chi connectivity index (χ2v) is 3.90. The molecule has 1 fully saturated rings. The maximum atomic E-state index is 13.6. The fraction of sp³-hybridized carbons (Fsp3) is 0.364. The lowest BCUT2D eigenvalue weighted by Crippen LogP contribution is -2.48. The van der Waals surface area contributed by atoms with E-state index in [1.54, 1.807) is 5.01 Å². The first-order chi connectivity index (χ1) is 8.58. The molecule has 1 amide bonds. The highest BCUT2D eigenvalue weighted by Gasteiger charge is 2.19. The summed E-state index contributed by atoms with van der Waals surface area (Å²) in [4.78, 5) is 11.8. The number of morpholine rings is 1. The van der Waals surface area contributed by atoms with Gasteiger partial charge in [0.1, 0.15) is 5.82 Å². The minimum absolute atomic E-state index is 0.387. The molecule has 1 heterocycles. The Hall–Kier alpha value is -1.73. The number of amides is 1. The molecule has 1 aromatic rings. The molecule has 0 bridgehead atoms. The number of ether oxygens (including phenoxy) is 1. The predicted octanol–water partition coefficient (Wildman–Crippen LogP) is 0.524. The summed E-state index contributed by atoms with van der Waals surface area (Å²) in [5.74, 6) is -2.39. The Morgan fingerprint density at radius 1 is 1.33 bits per heavy atom.